The van der Waals surface area contributed by atoms with Crippen LogP contribution in [0, 0.1) is 13.8 Å². The minimum atomic E-state index is -0.296. The minimum absolute atomic E-state index is 0.296. The molecule has 1 aliphatic heterocycles. The van der Waals surface area contributed by atoms with Crippen molar-refractivity contribution in [3.8, 4) is 11.5 Å². The summed E-state index contributed by atoms with van der Waals surface area (Å²) in [6.07, 6.45) is 10.2. The van der Waals surface area contributed by atoms with E-state index in [1.54, 1.807) is 37.1 Å². The number of nitrogens with one attached hydrogen (secondary N) is 2. The van der Waals surface area contributed by atoms with Crippen LogP contribution < -0.4 is 20.3 Å². The smallest absolute Gasteiger partial charge is 0.257 e. The van der Waals surface area contributed by atoms with E-state index in [4.69, 9.17) is 4.74 Å². The summed E-state index contributed by atoms with van der Waals surface area (Å²) in [5, 5.41) is 6.56. The number of rotatable bonds is 5. The van der Waals surface area contributed by atoms with Crippen LogP contribution in [0.4, 0.5) is 11.4 Å². The molecule has 6 rings (SSSR count). The van der Waals surface area contributed by atoms with Gasteiger partial charge in [-0.15, -0.1) is 0 Å². The lowest BCUT2D eigenvalue weighted by Crippen LogP contribution is -2.54. The van der Waals surface area contributed by atoms with Crippen molar-refractivity contribution in [2.75, 3.05) is 23.3 Å². The number of amides is 1. The average molecular weight is 524 g/mol. The molecule has 0 radical (unpaired) electrons. The fourth-order valence-electron chi connectivity index (χ4n) is 5.10. The summed E-state index contributed by atoms with van der Waals surface area (Å²) in [5.74, 6) is 1.29. The number of benzene rings is 1. The highest BCUT2D eigenvalue weighted by molar-refractivity contribution is 6.13. The van der Waals surface area contributed by atoms with Gasteiger partial charge < -0.3 is 24.7 Å². The largest absolute Gasteiger partial charge is 0.450 e. The molecule has 5 heterocycles. The molecule has 1 aromatic carbocycles. The topological polar surface area (TPSA) is 122 Å². The van der Waals surface area contributed by atoms with E-state index < -0.39 is 0 Å². The van der Waals surface area contributed by atoms with Crippen molar-refractivity contribution in [2.24, 2.45) is 0 Å². The van der Waals surface area contributed by atoms with Crippen LogP contribution in [0.25, 0.3) is 16.7 Å². The van der Waals surface area contributed by atoms with Gasteiger partial charge in [-0.25, -0.2) is 15.0 Å². The van der Waals surface area contributed by atoms with E-state index in [-0.39, 0.29) is 5.91 Å². The monoisotopic (exact) mass is 523 g/mol. The molecule has 1 aliphatic rings. The van der Waals surface area contributed by atoms with Crippen molar-refractivity contribution in [2.45, 2.75) is 39.8 Å². The number of pyridine rings is 1. The fraction of sp³-hybridized carbons (Fsp3) is 0.286. The molecule has 1 fully saturated rings. The number of piperazine rings is 1. The van der Waals surface area contributed by atoms with E-state index in [0.717, 1.165) is 24.5 Å². The normalized spacial score (nSPS) is 17.5. The summed E-state index contributed by atoms with van der Waals surface area (Å²) in [5.41, 5.74) is 4.65. The van der Waals surface area contributed by atoms with E-state index in [2.05, 4.69) is 54.3 Å². The average Bonchev–Trinajstić information content (AvgIpc) is 3.29. The van der Waals surface area contributed by atoms with Gasteiger partial charge >= 0.3 is 0 Å². The molecular weight excluding hydrogens is 494 g/mol. The van der Waals surface area contributed by atoms with Crippen molar-refractivity contribution in [3.63, 3.8) is 0 Å². The summed E-state index contributed by atoms with van der Waals surface area (Å²) in [7, 11) is 0. The highest BCUT2D eigenvalue weighted by atomic mass is 16.5. The van der Waals surface area contributed by atoms with Crippen molar-refractivity contribution in [3.05, 3.63) is 72.5 Å². The van der Waals surface area contributed by atoms with Gasteiger partial charge in [0.15, 0.2) is 17.1 Å². The molecule has 11 heteroatoms. The first-order valence-electron chi connectivity index (χ1n) is 12.9. The first-order valence-corrected chi connectivity index (χ1v) is 12.9. The fourth-order valence-corrected chi connectivity index (χ4v) is 5.10. The SMILES string of the molecule is Cc1cn2cc(NC(=O)c3ccc(N4C[C@@H](C)N[C@@H](C)C4)c4nccnc34)cc(Oc3cnc(C)nc3)c2n1. The summed E-state index contributed by atoms with van der Waals surface area (Å²) < 4.78 is 7.89. The third-order valence-electron chi connectivity index (χ3n) is 6.63. The van der Waals surface area contributed by atoms with Crippen molar-refractivity contribution >= 4 is 34.0 Å². The summed E-state index contributed by atoms with van der Waals surface area (Å²) in [6.45, 7) is 9.74. The molecule has 0 saturated carbocycles. The predicted octanol–water partition coefficient (Wildman–Crippen LogP) is 3.92. The van der Waals surface area contributed by atoms with Crippen molar-refractivity contribution in [1.29, 1.82) is 0 Å². The van der Waals surface area contributed by atoms with Crippen LogP contribution in [0.15, 0.2) is 55.4 Å². The second kappa shape index (κ2) is 9.91. The second-order valence-corrected chi connectivity index (χ2v) is 9.99. The number of aryl methyl sites for hydroxylation is 2. The van der Waals surface area contributed by atoms with Crippen molar-refractivity contribution in [1.82, 2.24) is 34.6 Å². The zero-order chi connectivity index (χ0) is 27.1. The zero-order valence-electron chi connectivity index (χ0n) is 22.2. The van der Waals surface area contributed by atoms with Crippen LogP contribution in [-0.2, 0) is 0 Å². The lowest BCUT2D eigenvalue weighted by atomic mass is 10.1. The molecule has 11 nitrogen and oxygen atoms in total. The van der Waals surface area contributed by atoms with E-state index in [0.29, 0.717) is 57.3 Å². The lowest BCUT2D eigenvalue weighted by molar-refractivity contribution is 0.102. The molecular formula is C28H29N9O2. The Morgan fingerprint density at radius 1 is 1.00 bits per heavy atom. The molecule has 0 unspecified atom stereocenters. The molecule has 2 N–H and O–H groups in total. The number of fused-ring (bicyclic) bond motifs is 2. The number of anilines is 2. The van der Waals surface area contributed by atoms with E-state index >= 15 is 0 Å². The van der Waals surface area contributed by atoms with E-state index in [1.165, 1.54) is 0 Å². The highest BCUT2D eigenvalue weighted by Crippen LogP contribution is 2.31. The van der Waals surface area contributed by atoms with E-state index in [9.17, 15) is 4.79 Å². The van der Waals surface area contributed by atoms with Gasteiger partial charge in [0.2, 0.25) is 0 Å². The molecule has 4 aromatic heterocycles. The maximum Gasteiger partial charge on any atom is 0.257 e. The standard InChI is InChI=1S/C28H29N9O2/c1-16-12-36(13-17(2)33-16)23-6-5-22(25-26(23)30-8-7-29-25)28(38)35-20-9-24(27-34-18(3)14-37(27)15-20)39-21-10-31-19(4)32-11-21/h5-11,14-17,33H,12-13H2,1-4H3,(H,35,38)/t16-,17+. The van der Waals surface area contributed by atoms with Gasteiger partial charge in [-0.1, -0.05) is 0 Å². The van der Waals surface area contributed by atoms with Gasteiger partial charge in [-0.2, -0.15) is 0 Å². The number of aromatic nitrogens is 6. The van der Waals surface area contributed by atoms with Gasteiger partial charge in [0.1, 0.15) is 16.9 Å². The number of ether oxygens (including phenoxy) is 1. The van der Waals surface area contributed by atoms with Crippen LogP contribution in [0.1, 0.15) is 35.7 Å². The van der Waals surface area contributed by atoms with Gasteiger partial charge in [0, 0.05) is 56.0 Å². The maximum atomic E-state index is 13.6. The predicted molar refractivity (Wildman–Crippen MR) is 149 cm³/mol. The van der Waals surface area contributed by atoms with Gasteiger partial charge in [-0.05, 0) is 39.8 Å². The number of hydrogen-bond donors (Lipinski definition) is 2. The molecule has 39 heavy (non-hydrogen) atoms. The third-order valence-corrected chi connectivity index (χ3v) is 6.63. The van der Waals surface area contributed by atoms with Crippen LogP contribution in [0.5, 0.6) is 11.5 Å². The molecule has 5 aromatic rings. The van der Waals surface area contributed by atoms with Gasteiger partial charge in [0.05, 0.1) is 35.0 Å². The Bertz CT molecular complexity index is 1670. The Morgan fingerprint density at radius 3 is 2.46 bits per heavy atom. The number of carbonyl (C=O) groups excluding carboxylic acids is 1. The number of imidazole rings is 1. The zero-order valence-corrected chi connectivity index (χ0v) is 22.2. The third kappa shape index (κ3) is 4.96. The summed E-state index contributed by atoms with van der Waals surface area (Å²) in [4.78, 5) is 38.0. The Balaban J connectivity index is 1.34. The maximum absolute atomic E-state index is 13.6. The molecule has 1 amide bonds. The molecule has 1 saturated heterocycles. The van der Waals surface area contributed by atoms with Gasteiger partial charge in [0.25, 0.3) is 5.91 Å². The molecule has 198 valence electrons. The molecule has 2 atom stereocenters. The van der Waals surface area contributed by atoms with E-state index in [1.807, 2.05) is 36.6 Å². The van der Waals surface area contributed by atoms with Crippen molar-refractivity contribution < 1.29 is 9.53 Å². The molecule has 0 bridgehead atoms. The number of carbonyl (C=O) groups is 1. The Hall–Kier alpha value is -4.64. The van der Waals surface area contributed by atoms with Crippen LogP contribution in [0.2, 0.25) is 0 Å². The second-order valence-electron chi connectivity index (χ2n) is 9.99. The highest BCUT2D eigenvalue weighted by Gasteiger charge is 2.25. The summed E-state index contributed by atoms with van der Waals surface area (Å²) in [6, 6.07) is 6.21. The van der Waals surface area contributed by atoms with Crippen LogP contribution in [0.3, 0.4) is 0 Å². The first kappa shape index (κ1) is 24.7. The van der Waals surface area contributed by atoms with Crippen LogP contribution in [-0.4, -0.2) is 60.4 Å². The quantitative estimate of drug-likeness (QED) is 0.353. The number of hydrogen-bond acceptors (Lipinski definition) is 9. The van der Waals surface area contributed by atoms with Crippen LogP contribution >= 0.6 is 0 Å². The minimum Gasteiger partial charge on any atom is -0.450 e. The first-order chi connectivity index (χ1) is 18.8. The lowest BCUT2D eigenvalue weighted by Gasteiger charge is -2.38. The number of nitrogens with zero attached hydrogens (tertiary/aromatic N) is 7. The Morgan fingerprint density at radius 2 is 1.72 bits per heavy atom. The Kier molecular flexibility index (Phi) is 6.27. The molecule has 0 spiro atoms. The summed E-state index contributed by atoms with van der Waals surface area (Å²) >= 11 is 0. The Labute approximate surface area is 225 Å². The molecule has 0 aliphatic carbocycles. The van der Waals surface area contributed by atoms with Gasteiger partial charge in [-0.3, -0.25) is 14.8 Å².